The lowest BCUT2D eigenvalue weighted by atomic mass is 10.2. The van der Waals surface area contributed by atoms with Gasteiger partial charge in [0.1, 0.15) is 12.5 Å². The minimum Gasteiger partial charge on any atom is -0.494 e. The molecule has 5 rings (SSSR count). The minimum absolute atomic E-state index is 0.0226. The Morgan fingerprint density at radius 2 is 1.70 bits per heavy atom. The quantitative estimate of drug-likeness (QED) is 0.109. The fourth-order valence-corrected chi connectivity index (χ4v) is 6.69. The highest BCUT2D eigenvalue weighted by Crippen LogP contribution is 2.31. The maximum atomic E-state index is 12.8. The normalized spacial score (nSPS) is 15.0. The summed E-state index contributed by atoms with van der Waals surface area (Å²) < 4.78 is 14.9. The van der Waals surface area contributed by atoms with E-state index in [4.69, 9.17) is 9.47 Å². The number of hydrogen-bond donors (Lipinski definition) is 1. The van der Waals surface area contributed by atoms with Gasteiger partial charge in [0.25, 0.3) is 5.56 Å². The smallest absolute Gasteiger partial charge is 0.252 e. The van der Waals surface area contributed by atoms with Gasteiger partial charge in [-0.3, -0.25) is 19.2 Å². The summed E-state index contributed by atoms with van der Waals surface area (Å²) in [7, 11) is 0. The maximum Gasteiger partial charge on any atom is 0.252 e. The fraction of sp³-hybridized carbons (Fsp3) is 0.514. The topological polar surface area (TPSA) is 70.4 Å². The van der Waals surface area contributed by atoms with E-state index >= 15 is 0 Å². The van der Waals surface area contributed by atoms with Crippen LogP contribution >= 0.6 is 11.3 Å². The number of benzene rings is 2. The molecule has 0 amide bonds. The Morgan fingerprint density at radius 1 is 0.932 bits per heavy atom. The maximum absolute atomic E-state index is 12.8. The number of fused-ring (bicyclic) bond motifs is 2. The van der Waals surface area contributed by atoms with Crippen LogP contribution in [0.2, 0.25) is 0 Å². The van der Waals surface area contributed by atoms with Crippen molar-refractivity contribution >= 4 is 38.0 Å². The van der Waals surface area contributed by atoms with Gasteiger partial charge < -0.3 is 19.5 Å². The number of piperazine rings is 1. The van der Waals surface area contributed by atoms with Gasteiger partial charge in [0.2, 0.25) is 6.41 Å². The molecule has 1 aliphatic heterocycles. The van der Waals surface area contributed by atoms with Crippen LogP contribution < -0.4 is 15.2 Å². The van der Waals surface area contributed by atoms with E-state index < -0.39 is 6.41 Å². The molecule has 1 N–H and O–H groups in total. The standard InChI is InChI=1S/C35H48N4O4S/c1-3-5-18-38(19-6-4-2)35(41)43-27-39-32-26-29(14-12-28(32)13-15-34(39)40)42-24-8-7-17-36-20-22-37(23-21-36)31-10-9-11-33-30(31)16-25-44-33/h9-16,25-26,35,41H,3-8,17-24,27H2,1-2H3. The predicted molar refractivity (Wildman–Crippen MR) is 182 cm³/mol. The van der Waals surface area contributed by atoms with Crippen LogP contribution in [-0.4, -0.2) is 78.3 Å². The highest BCUT2D eigenvalue weighted by molar-refractivity contribution is 7.17. The van der Waals surface area contributed by atoms with Gasteiger partial charge in [-0.05, 0) is 79.4 Å². The molecule has 0 bridgehead atoms. The van der Waals surface area contributed by atoms with Gasteiger partial charge in [-0.15, -0.1) is 11.3 Å². The largest absolute Gasteiger partial charge is 0.494 e. The zero-order valence-electron chi connectivity index (χ0n) is 26.3. The number of pyridine rings is 1. The summed E-state index contributed by atoms with van der Waals surface area (Å²) in [6.45, 7) is 11.8. The van der Waals surface area contributed by atoms with E-state index in [1.54, 1.807) is 10.6 Å². The average molecular weight is 621 g/mol. The number of hydrogen-bond acceptors (Lipinski definition) is 8. The molecule has 2 aromatic heterocycles. The van der Waals surface area contributed by atoms with Crippen LogP contribution in [0.3, 0.4) is 0 Å². The molecule has 1 fully saturated rings. The average Bonchev–Trinajstić information content (AvgIpc) is 3.54. The summed E-state index contributed by atoms with van der Waals surface area (Å²) in [4.78, 5) is 19.8. The molecule has 4 aromatic rings. The number of aliphatic hydroxyl groups is 1. The first-order valence-corrected chi connectivity index (χ1v) is 17.2. The van der Waals surface area contributed by atoms with Crippen molar-refractivity contribution < 1.29 is 14.6 Å². The monoisotopic (exact) mass is 620 g/mol. The number of anilines is 1. The molecular formula is C35H48N4O4S. The molecule has 9 heteroatoms. The van der Waals surface area contributed by atoms with Crippen molar-refractivity contribution in [1.82, 2.24) is 14.4 Å². The van der Waals surface area contributed by atoms with Crippen molar-refractivity contribution in [3.05, 3.63) is 70.3 Å². The van der Waals surface area contributed by atoms with E-state index in [1.165, 1.54) is 15.8 Å². The van der Waals surface area contributed by atoms with E-state index in [-0.39, 0.29) is 12.3 Å². The van der Waals surface area contributed by atoms with Crippen molar-refractivity contribution in [3.63, 3.8) is 0 Å². The van der Waals surface area contributed by atoms with Crippen LogP contribution in [0.5, 0.6) is 5.75 Å². The third-order valence-corrected chi connectivity index (χ3v) is 9.43. The van der Waals surface area contributed by atoms with E-state index in [9.17, 15) is 9.90 Å². The van der Waals surface area contributed by atoms with E-state index in [0.29, 0.717) is 6.61 Å². The summed E-state index contributed by atoms with van der Waals surface area (Å²) in [6, 6.07) is 18.1. The first-order chi connectivity index (χ1) is 21.6. The van der Waals surface area contributed by atoms with Crippen LogP contribution in [0, 0.1) is 0 Å². The van der Waals surface area contributed by atoms with Crippen molar-refractivity contribution in [2.75, 3.05) is 57.3 Å². The Labute approximate surface area is 265 Å². The third-order valence-electron chi connectivity index (χ3n) is 8.55. The number of thiophene rings is 1. The lowest BCUT2D eigenvalue weighted by molar-refractivity contribution is -0.211. The molecule has 8 nitrogen and oxygen atoms in total. The molecule has 0 aliphatic carbocycles. The minimum atomic E-state index is -1.05. The Bertz CT molecular complexity index is 1510. The number of nitrogens with zero attached hydrogens (tertiary/aromatic N) is 4. The lowest BCUT2D eigenvalue weighted by Crippen LogP contribution is -2.46. The summed E-state index contributed by atoms with van der Waals surface area (Å²) in [5, 5.41) is 15.2. The summed E-state index contributed by atoms with van der Waals surface area (Å²) in [5.74, 6) is 0.737. The Kier molecular flexibility index (Phi) is 12.1. The highest BCUT2D eigenvalue weighted by Gasteiger charge is 2.19. The van der Waals surface area contributed by atoms with E-state index in [0.717, 1.165) is 101 Å². The zero-order valence-corrected chi connectivity index (χ0v) is 27.1. The lowest BCUT2D eigenvalue weighted by Gasteiger charge is -2.36. The number of aliphatic hydroxyl groups excluding tert-OH is 1. The second kappa shape index (κ2) is 16.4. The molecule has 3 heterocycles. The van der Waals surface area contributed by atoms with Crippen molar-refractivity contribution in [2.45, 2.75) is 65.5 Å². The van der Waals surface area contributed by atoms with Crippen molar-refractivity contribution in [1.29, 1.82) is 0 Å². The van der Waals surface area contributed by atoms with E-state index in [1.807, 2.05) is 40.5 Å². The fourth-order valence-electron chi connectivity index (χ4n) is 5.89. The van der Waals surface area contributed by atoms with Gasteiger partial charge in [0.05, 0.1) is 12.1 Å². The van der Waals surface area contributed by atoms with E-state index in [2.05, 4.69) is 53.3 Å². The van der Waals surface area contributed by atoms with Crippen molar-refractivity contribution in [3.8, 4) is 5.75 Å². The number of ether oxygens (including phenoxy) is 2. The molecule has 2 aromatic carbocycles. The Morgan fingerprint density at radius 3 is 2.48 bits per heavy atom. The number of rotatable bonds is 17. The van der Waals surface area contributed by atoms with Gasteiger partial charge >= 0.3 is 0 Å². The first-order valence-electron chi connectivity index (χ1n) is 16.3. The van der Waals surface area contributed by atoms with Crippen molar-refractivity contribution in [2.24, 2.45) is 0 Å². The molecule has 1 aliphatic rings. The van der Waals surface area contributed by atoms with Gasteiger partial charge in [0, 0.05) is 67.2 Å². The summed E-state index contributed by atoms with van der Waals surface area (Å²) >= 11 is 1.81. The Hall–Kier alpha value is -2.95. The molecule has 0 spiro atoms. The Balaban J connectivity index is 1.09. The number of aromatic nitrogens is 1. The molecule has 1 saturated heterocycles. The van der Waals surface area contributed by atoms with Crippen LogP contribution in [0.15, 0.2) is 64.8 Å². The molecule has 44 heavy (non-hydrogen) atoms. The molecule has 238 valence electrons. The van der Waals surface area contributed by atoms with Crippen LogP contribution in [0.25, 0.3) is 21.0 Å². The SMILES string of the molecule is CCCCN(CCCC)C(O)OCn1c(=O)ccc2ccc(OCCCCN3CCN(c4cccc5sccc45)CC3)cc21. The third kappa shape index (κ3) is 8.40. The molecule has 1 unspecified atom stereocenters. The second-order valence-electron chi connectivity index (χ2n) is 11.7. The number of unbranched alkanes of at least 4 members (excludes halogenated alkanes) is 3. The molecule has 1 atom stereocenters. The van der Waals surface area contributed by atoms with Gasteiger partial charge in [-0.2, -0.15) is 0 Å². The molecule has 0 radical (unpaired) electrons. The van der Waals surface area contributed by atoms with Crippen LogP contribution in [-0.2, 0) is 11.5 Å². The van der Waals surface area contributed by atoms with Gasteiger partial charge in [-0.1, -0.05) is 32.8 Å². The van der Waals surface area contributed by atoms with Crippen LogP contribution in [0.1, 0.15) is 52.4 Å². The molecular weight excluding hydrogens is 572 g/mol. The van der Waals surface area contributed by atoms with Gasteiger partial charge in [0.15, 0.2) is 0 Å². The molecule has 0 saturated carbocycles. The predicted octanol–water partition coefficient (Wildman–Crippen LogP) is 6.35. The first kappa shape index (κ1) is 32.4. The second-order valence-corrected chi connectivity index (χ2v) is 12.6. The zero-order chi connectivity index (χ0) is 30.7. The summed E-state index contributed by atoms with van der Waals surface area (Å²) in [5.41, 5.74) is 1.94. The summed E-state index contributed by atoms with van der Waals surface area (Å²) in [6.07, 6.45) is 5.07. The van der Waals surface area contributed by atoms with Gasteiger partial charge in [-0.25, -0.2) is 0 Å². The van der Waals surface area contributed by atoms with Crippen LogP contribution in [0.4, 0.5) is 5.69 Å². The highest BCUT2D eigenvalue weighted by atomic mass is 32.1.